The number of nitriles is 1. The second kappa shape index (κ2) is 6.87. The molecule has 2 amide bonds. The first-order chi connectivity index (χ1) is 10.5. The molecule has 0 aliphatic rings. The number of aryl methyl sites for hydroxylation is 1. The van der Waals surface area contributed by atoms with Crippen molar-refractivity contribution in [3.8, 4) is 6.07 Å². The average Bonchev–Trinajstić information content (AvgIpc) is 2.50. The summed E-state index contributed by atoms with van der Waals surface area (Å²) in [4.78, 5) is 23.8. The summed E-state index contributed by atoms with van der Waals surface area (Å²) in [6.45, 7) is 1.83. The lowest BCUT2D eigenvalue weighted by atomic mass is 10.2. The van der Waals surface area contributed by atoms with Gasteiger partial charge in [0.1, 0.15) is 0 Å². The molecule has 5 nitrogen and oxygen atoms in total. The Morgan fingerprint density at radius 2 is 1.82 bits per heavy atom. The average molecular weight is 358 g/mol. The molecule has 2 N–H and O–H groups in total. The van der Waals surface area contributed by atoms with Crippen LogP contribution in [-0.2, 0) is 9.59 Å². The first kappa shape index (κ1) is 15.7. The topological polar surface area (TPSA) is 82.0 Å². The predicted octanol–water partition coefficient (Wildman–Crippen LogP) is 3.21. The Morgan fingerprint density at radius 3 is 2.50 bits per heavy atom. The predicted molar refractivity (Wildman–Crippen MR) is 87.3 cm³/mol. The molecular formula is C16H12BrN3O2. The lowest BCUT2D eigenvalue weighted by Crippen LogP contribution is -2.29. The molecule has 0 fully saturated rings. The van der Waals surface area contributed by atoms with Crippen molar-refractivity contribution < 1.29 is 9.59 Å². The standard InChI is InChI=1S/C16H12BrN3O2/c1-10-7-12(17)5-6-14(10)20-16(22)15(21)19-13-4-2-3-11(8-13)9-18/h2-8H,1H3,(H,19,21)(H,20,22). The number of rotatable bonds is 2. The minimum Gasteiger partial charge on any atom is -0.318 e. The van der Waals surface area contributed by atoms with Crippen LogP contribution in [0.1, 0.15) is 11.1 Å². The molecule has 0 saturated carbocycles. The molecule has 0 aromatic heterocycles. The largest absolute Gasteiger partial charge is 0.318 e. The minimum absolute atomic E-state index is 0.395. The molecule has 0 radical (unpaired) electrons. The van der Waals surface area contributed by atoms with E-state index in [9.17, 15) is 9.59 Å². The maximum Gasteiger partial charge on any atom is 0.314 e. The molecule has 0 aliphatic carbocycles. The number of nitrogens with zero attached hydrogens (tertiary/aromatic N) is 1. The highest BCUT2D eigenvalue weighted by molar-refractivity contribution is 9.10. The lowest BCUT2D eigenvalue weighted by Gasteiger charge is -2.09. The summed E-state index contributed by atoms with van der Waals surface area (Å²) in [5.74, 6) is -1.56. The normalized spacial score (nSPS) is 9.68. The molecule has 0 atom stereocenters. The second-order valence-electron chi connectivity index (χ2n) is 4.56. The first-order valence-electron chi connectivity index (χ1n) is 6.38. The van der Waals surface area contributed by atoms with Crippen molar-refractivity contribution >= 4 is 39.1 Å². The molecule has 2 aromatic rings. The van der Waals surface area contributed by atoms with Gasteiger partial charge in [0.25, 0.3) is 0 Å². The molecular weight excluding hydrogens is 346 g/mol. The number of anilines is 2. The highest BCUT2D eigenvalue weighted by Crippen LogP contribution is 2.20. The molecule has 110 valence electrons. The number of amides is 2. The number of benzene rings is 2. The van der Waals surface area contributed by atoms with Crippen LogP contribution in [0, 0.1) is 18.3 Å². The summed E-state index contributed by atoms with van der Waals surface area (Å²) >= 11 is 3.33. The van der Waals surface area contributed by atoms with Crippen LogP contribution in [0.3, 0.4) is 0 Å². The van der Waals surface area contributed by atoms with Crippen LogP contribution in [0.5, 0.6) is 0 Å². The molecule has 0 saturated heterocycles. The number of hydrogen-bond donors (Lipinski definition) is 2. The van der Waals surface area contributed by atoms with E-state index in [0.717, 1.165) is 10.0 Å². The van der Waals surface area contributed by atoms with E-state index in [2.05, 4.69) is 26.6 Å². The zero-order chi connectivity index (χ0) is 16.1. The smallest absolute Gasteiger partial charge is 0.314 e. The van der Waals surface area contributed by atoms with E-state index < -0.39 is 11.8 Å². The number of hydrogen-bond acceptors (Lipinski definition) is 3. The SMILES string of the molecule is Cc1cc(Br)ccc1NC(=O)C(=O)Nc1cccc(C#N)c1. The molecule has 0 spiro atoms. The Balaban J connectivity index is 2.06. The fraction of sp³-hybridized carbons (Fsp3) is 0.0625. The van der Waals surface area contributed by atoms with Crippen molar-refractivity contribution in [3.05, 3.63) is 58.1 Å². The van der Waals surface area contributed by atoms with Gasteiger partial charge in [0.15, 0.2) is 0 Å². The van der Waals surface area contributed by atoms with Gasteiger partial charge in [-0.15, -0.1) is 0 Å². The monoisotopic (exact) mass is 357 g/mol. The maximum absolute atomic E-state index is 11.9. The van der Waals surface area contributed by atoms with Gasteiger partial charge in [0.05, 0.1) is 11.6 Å². The highest BCUT2D eigenvalue weighted by atomic mass is 79.9. The zero-order valence-corrected chi connectivity index (χ0v) is 13.3. The summed E-state index contributed by atoms with van der Waals surface area (Å²) in [6, 6.07) is 13.6. The Bertz CT molecular complexity index is 781. The fourth-order valence-electron chi connectivity index (χ4n) is 1.80. The van der Waals surface area contributed by atoms with Crippen molar-refractivity contribution in [2.24, 2.45) is 0 Å². The molecule has 2 aromatic carbocycles. The molecule has 0 unspecified atom stereocenters. The third-order valence-corrected chi connectivity index (χ3v) is 3.39. The van der Waals surface area contributed by atoms with Crippen molar-refractivity contribution in [1.82, 2.24) is 0 Å². The van der Waals surface area contributed by atoms with E-state index in [0.29, 0.717) is 16.9 Å². The van der Waals surface area contributed by atoms with Gasteiger partial charge in [0.2, 0.25) is 0 Å². The second-order valence-corrected chi connectivity index (χ2v) is 5.48. The van der Waals surface area contributed by atoms with Gasteiger partial charge in [-0.1, -0.05) is 22.0 Å². The van der Waals surface area contributed by atoms with Gasteiger partial charge in [0, 0.05) is 15.8 Å². The number of carbonyl (C=O) groups excluding carboxylic acids is 2. The fourth-order valence-corrected chi connectivity index (χ4v) is 2.28. The third kappa shape index (κ3) is 3.93. The van der Waals surface area contributed by atoms with E-state index in [1.54, 1.807) is 30.3 Å². The van der Waals surface area contributed by atoms with Crippen LogP contribution in [0.25, 0.3) is 0 Å². The van der Waals surface area contributed by atoms with Crippen molar-refractivity contribution in [3.63, 3.8) is 0 Å². The lowest BCUT2D eigenvalue weighted by molar-refractivity contribution is -0.133. The van der Waals surface area contributed by atoms with Crippen LogP contribution in [-0.4, -0.2) is 11.8 Å². The van der Waals surface area contributed by atoms with E-state index in [4.69, 9.17) is 5.26 Å². The van der Waals surface area contributed by atoms with Crippen LogP contribution in [0.4, 0.5) is 11.4 Å². The van der Waals surface area contributed by atoms with E-state index in [-0.39, 0.29) is 0 Å². The van der Waals surface area contributed by atoms with Gasteiger partial charge in [-0.05, 0) is 48.9 Å². The van der Waals surface area contributed by atoms with Crippen LogP contribution in [0.15, 0.2) is 46.9 Å². The van der Waals surface area contributed by atoms with Gasteiger partial charge < -0.3 is 10.6 Å². The number of carbonyl (C=O) groups is 2. The molecule has 0 bridgehead atoms. The molecule has 6 heteroatoms. The van der Waals surface area contributed by atoms with E-state index in [1.807, 2.05) is 19.1 Å². The molecule has 0 heterocycles. The summed E-state index contributed by atoms with van der Waals surface area (Å²) < 4.78 is 0.890. The Kier molecular flexibility index (Phi) is 4.92. The Morgan fingerprint density at radius 1 is 1.09 bits per heavy atom. The van der Waals surface area contributed by atoms with E-state index in [1.165, 1.54) is 6.07 Å². The van der Waals surface area contributed by atoms with Crippen molar-refractivity contribution in [1.29, 1.82) is 5.26 Å². The van der Waals surface area contributed by atoms with Crippen molar-refractivity contribution in [2.45, 2.75) is 6.92 Å². The third-order valence-electron chi connectivity index (χ3n) is 2.89. The maximum atomic E-state index is 11.9. The first-order valence-corrected chi connectivity index (χ1v) is 7.17. The summed E-state index contributed by atoms with van der Waals surface area (Å²) in [7, 11) is 0. The van der Waals surface area contributed by atoms with Gasteiger partial charge in [-0.3, -0.25) is 9.59 Å². The quantitative estimate of drug-likeness (QED) is 0.809. The van der Waals surface area contributed by atoms with Crippen LogP contribution in [0.2, 0.25) is 0 Å². The minimum atomic E-state index is -0.794. The van der Waals surface area contributed by atoms with Crippen LogP contribution < -0.4 is 10.6 Å². The molecule has 22 heavy (non-hydrogen) atoms. The summed E-state index contributed by atoms with van der Waals surface area (Å²) in [6.07, 6.45) is 0. The molecule has 0 aliphatic heterocycles. The molecule has 2 rings (SSSR count). The number of nitrogens with one attached hydrogen (secondary N) is 2. The summed E-state index contributed by atoms with van der Waals surface area (Å²) in [5, 5.41) is 13.8. The summed E-state index contributed by atoms with van der Waals surface area (Å²) in [5.41, 5.74) is 2.20. The van der Waals surface area contributed by atoms with Gasteiger partial charge in [-0.25, -0.2) is 0 Å². The van der Waals surface area contributed by atoms with Crippen molar-refractivity contribution in [2.75, 3.05) is 10.6 Å². The zero-order valence-electron chi connectivity index (χ0n) is 11.7. The van der Waals surface area contributed by atoms with Gasteiger partial charge >= 0.3 is 11.8 Å². The van der Waals surface area contributed by atoms with Gasteiger partial charge in [-0.2, -0.15) is 5.26 Å². The Hall–Kier alpha value is -2.65. The van der Waals surface area contributed by atoms with E-state index >= 15 is 0 Å². The van der Waals surface area contributed by atoms with Crippen LogP contribution >= 0.6 is 15.9 Å². The Labute approximate surface area is 136 Å². The highest BCUT2D eigenvalue weighted by Gasteiger charge is 2.15. The number of halogens is 1.